The number of hydrogen-bond donors (Lipinski definition) is 1. The smallest absolute Gasteiger partial charge is 0.410 e. The molecular formula is C15H30N2O4. The third-order valence-corrected chi connectivity index (χ3v) is 3.44. The number of rotatable bonds is 5. The molecule has 6 nitrogen and oxygen atoms in total. The zero-order valence-corrected chi connectivity index (χ0v) is 14.0. The lowest BCUT2D eigenvalue weighted by atomic mass is 9.96. The molecule has 2 N–H and O–H groups in total. The van der Waals surface area contributed by atoms with E-state index in [-0.39, 0.29) is 12.1 Å². The molecule has 0 aromatic rings. The first-order chi connectivity index (χ1) is 9.77. The second kappa shape index (κ2) is 7.42. The van der Waals surface area contributed by atoms with Crippen molar-refractivity contribution in [1.82, 2.24) is 4.90 Å². The van der Waals surface area contributed by atoms with Crippen LogP contribution in [-0.4, -0.2) is 54.7 Å². The second-order valence-corrected chi connectivity index (χ2v) is 6.29. The minimum Gasteiger partial charge on any atom is -0.444 e. The number of carbonyl (C=O) groups excluding carboxylic acids is 1. The molecule has 1 rings (SSSR count). The summed E-state index contributed by atoms with van der Waals surface area (Å²) in [5.41, 5.74) is 5.34. The summed E-state index contributed by atoms with van der Waals surface area (Å²) in [4.78, 5) is 14.0. The zero-order valence-electron chi connectivity index (χ0n) is 14.0. The monoisotopic (exact) mass is 302 g/mol. The van der Waals surface area contributed by atoms with Crippen molar-refractivity contribution in [3.63, 3.8) is 0 Å². The van der Waals surface area contributed by atoms with E-state index in [4.69, 9.17) is 19.9 Å². The average Bonchev–Trinajstić information content (AvgIpc) is 2.37. The molecule has 0 spiro atoms. The average molecular weight is 302 g/mol. The van der Waals surface area contributed by atoms with Gasteiger partial charge < -0.3 is 24.8 Å². The number of carbonyl (C=O) groups is 1. The third kappa shape index (κ3) is 5.13. The van der Waals surface area contributed by atoms with Crippen LogP contribution in [0.3, 0.4) is 0 Å². The highest BCUT2D eigenvalue weighted by Crippen LogP contribution is 2.32. The van der Waals surface area contributed by atoms with Crippen LogP contribution in [0.2, 0.25) is 0 Å². The van der Waals surface area contributed by atoms with Crippen molar-refractivity contribution >= 4 is 6.09 Å². The maximum absolute atomic E-state index is 12.3. The van der Waals surface area contributed by atoms with E-state index in [0.717, 1.165) is 0 Å². The van der Waals surface area contributed by atoms with Crippen LogP contribution < -0.4 is 5.73 Å². The fourth-order valence-corrected chi connectivity index (χ4v) is 2.65. The lowest BCUT2D eigenvalue weighted by Crippen LogP contribution is -2.57. The predicted molar refractivity (Wildman–Crippen MR) is 81.0 cm³/mol. The summed E-state index contributed by atoms with van der Waals surface area (Å²) >= 11 is 0. The van der Waals surface area contributed by atoms with Gasteiger partial charge in [0.15, 0.2) is 5.79 Å². The van der Waals surface area contributed by atoms with E-state index in [2.05, 4.69) is 0 Å². The van der Waals surface area contributed by atoms with Gasteiger partial charge >= 0.3 is 6.09 Å². The second-order valence-electron chi connectivity index (χ2n) is 6.29. The number of amides is 1. The van der Waals surface area contributed by atoms with Gasteiger partial charge in [-0.2, -0.15) is 0 Å². The van der Waals surface area contributed by atoms with Crippen LogP contribution in [0.4, 0.5) is 4.79 Å². The van der Waals surface area contributed by atoms with Gasteiger partial charge in [-0.1, -0.05) is 0 Å². The minimum absolute atomic E-state index is 0.133. The maximum atomic E-state index is 12.3. The summed E-state index contributed by atoms with van der Waals surface area (Å²) in [7, 11) is 0. The minimum atomic E-state index is -0.633. The quantitative estimate of drug-likeness (QED) is 0.787. The zero-order chi connectivity index (χ0) is 16.1. The van der Waals surface area contributed by atoms with Crippen molar-refractivity contribution in [2.45, 2.75) is 64.9 Å². The molecule has 1 aliphatic rings. The largest absolute Gasteiger partial charge is 0.444 e. The van der Waals surface area contributed by atoms with Gasteiger partial charge in [0.25, 0.3) is 0 Å². The molecule has 0 aliphatic carbocycles. The van der Waals surface area contributed by atoms with Crippen molar-refractivity contribution in [3.05, 3.63) is 0 Å². The Bertz CT molecular complexity index is 335. The number of nitrogens with zero attached hydrogens (tertiary/aromatic N) is 1. The normalized spacial score (nSPS) is 22.2. The number of piperidine rings is 1. The molecule has 1 amide bonds. The summed E-state index contributed by atoms with van der Waals surface area (Å²) < 4.78 is 17.1. The molecule has 1 heterocycles. The van der Waals surface area contributed by atoms with Gasteiger partial charge in [0, 0.05) is 39.1 Å². The van der Waals surface area contributed by atoms with Crippen molar-refractivity contribution in [2.24, 2.45) is 5.73 Å². The van der Waals surface area contributed by atoms with Gasteiger partial charge in [0.1, 0.15) is 5.60 Å². The van der Waals surface area contributed by atoms with Gasteiger partial charge in [-0.3, -0.25) is 0 Å². The first-order valence-electron chi connectivity index (χ1n) is 7.74. The summed E-state index contributed by atoms with van der Waals surface area (Å²) in [6.45, 7) is 11.5. The van der Waals surface area contributed by atoms with Gasteiger partial charge in [0.2, 0.25) is 0 Å². The van der Waals surface area contributed by atoms with Crippen LogP contribution in [0.1, 0.15) is 47.5 Å². The van der Waals surface area contributed by atoms with Crippen LogP contribution in [0, 0.1) is 0 Å². The molecule has 0 unspecified atom stereocenters. The Morgan fingerprint density at radius 2 is 1.86 bits per heavy atom. The van der Waals surface area contributed by atoms with Crippen LogP contribution in [-0.2, 0) is 14.2 Å². The summed E-state index contributed by atoms with van der Waals surface area (Å²) in [6, 6.07) is -0.133. The Kier molecular flexibility index (Phi) is 6.43. The highest BCUT2D eigenvalue weighted by Gasteiger charge is 2.43. The highest BCUT2D eigenvalue weighted by molar-refractivity contribution is 5.68. The predicted octanol–water partition coefficient (Wildman–Crippen LogP) is 2.11. The Morgan fingerprint density at radius 1 is 1.29 bits per heavy atom. The molecule has 21 heavy (non-hydrogen) atoms. The van der Waals surface area contributed by atoms with E-state index in [1.165, 1.54) is 0 Å². The lowest BCUT2D eigenvalue weighted by molar-refractivity contribution is -0.258. The van der Waals surface area contributed by atoms with E-state index in [1.54, 1.807) is 4.90 Å². The Hall–Kier alpha value is -0.850. The van der Waals surface area contributed by atoms with Crippen LogP contribution in [0.15, 0.2) is 0 Å². The lowest BCUT2D eigenvalue weighted by Gasteiger charge is -2.45. The van der Waals surface area contributed by atoms with Crippen molar-refractivity contribution in [3.8, 4) is 0 Å². The van der Waals surface area contributed by atoms with Crippen molar-refractivity contribution in [2.75, 3.05) is 26.3 Å². The Labute approximate surface area is 127 Å². The number of nitrogens with two attached hydrogens (primary N) is 1. The standard InChI is InChI=1S/C15H30N2O4/c1-6-19-15(20-7-2)8-9-17(12(10-15)11-16)13(18)21-14(3,4)5/h12H,6-11,16H2,1-5H3/t12-/m0/s1. The summed E-state index contributed by atoms with van der Waals surface area (Å²) in [5, 5.41) is 0. The molecule has 0 bridgehead atoms. The van der Waals surface area contributed by atoms with Gasteiger partial charge in [-0.05, 0) is 34.6 Å². The van der Waals surface area contributed by atoms with E-state index < -0.39 is 11.4 Å². The third-order valence-electron chi connectivity index (χ3n) is 3.44. The molecule has 0 radical (unpaired) electrons. The highest BCUT2D eigenvalue weighted by atomic mass is 16.7. The molecule has 1 aliphatic heterocycles. The van der Waals surface area contributed by atoms with Crippen LogP contribution in [0.5, 0.6) is 0 Å². The number of hydrogen-bond acceptors (Lipinski definition) is 5. The number of ether oxygens (including phenoxy) is 3. The summed E-state index contributed by atoms with van der Waals surface area (Å²) in [5.74, 6) is -0.633. The number of likely N-dealkylation sites (tertiary alicyclic amines) is 1. The molecular weight excluding hydrogens is 272 g/mol. The molecule has 1 fully saturated rings. The van der Waals surface area contributed by atoms with E-state index in [1.807, 2.05) is 34.6 Å². The van der Waals surface area contributed by atoms with Crippen LogP contribution >= 0.6 is 0 Å². The molecule has 0 saturated carbocycles. The first kappa shape index (κ1) is 18.2. The fraction of sp³-hybridized carbons (Fsp3) is 0.933. The topological polar surface area (TPSA) is 74.0 Å². The summed E-state index contributed by atoms with van der Waals surface area (Å²) in [6.07, 6.45) is 0.883. The van der Waals surface area contributed by atoms with Gasteiger partial charge in [-0.15, -0.1) is 0 Å². The van der Waals surface area contributed by atoms with E-state index in [9.17, 15) is 4.79 Å². The molecule has 6 heteroatoms. The van der Waals surface area contributed by atoms with E-state index in [0.29, 0.717) is 39.1 Å². The van der Waals surface area contributed by atoms with Crippen molar-refractivity contribution < 1.29 is 19.0 Å². The molecule has 124 valence electrons. The Balaban J connectivity index is 2.78. The molecule has 0 aromatic carbocycles. The SMILES string of the molecule is CCOC1(OCC)CCN(C(=O)OC(C)(C)C)[C@H](CN)C1. The fourth-order valence-electron chi connectivity index (χ4n) is 2.65. The van der Waals surface area contributed by atoms with Crippen molar-refractivity contribution in [1.29, 1.82) is 0 Å². The maximum Gasteiger partial charge on any atom is 0.410 e. The molecule has 1 atom stereocenters. The Morgan fingerprint density at radius 3 is 2.29 bits per heavy atom. The molecule has 0 aromatic heterocycles. The first-order valence-corrected chi connectivity index (χ1v) is 7.74. The van der Waals surface area contributed by atoms with Gasteiger partial charge in [-0.25, -0.2) is 4.79 Å². The van der Waals surface area contributed by atoms with E-state index >= 15 is 0 Å². The molecule has 1 saturated heterocycles. The van der Waals surface area contributed by atoms with Gasteiger partial charge in [0.05, 0.1) is 6.04 Å². The van der Waals surface area contributed by atoms with Crippen LogP contribution in [0.25, 0.3) is 0 Å².